The second kappa shape index (κ2) is 4.26. The van der Waals surface area contributed by atoms with E-state index in [-0.39, 0.29) is 0 Å². The minimum Gasteiger partial charge on any atom is -0.431 e. The molecule has 2 unspecified atom stereocenters. The number of benzene rings is 1. The SMILES string of the molecule is Cc1ccc2c(n1)oc1c([N+]34C=C[N+](C)(CC3)[C@@H]4C)c(C)ccc12. The standard InChI is InChI=1S/C20H23N3O/c1-13-5-7-16-17-8-6-14(2)21-20(17)24-19(16)18(13)23-11-9-22(4,10-12-23)15(23)3/h5-9,11,15H,10,12H2,1-4H3/q+2/t15-,22?,23?/m0/s1. The van der Waals surface area contributed by atoms with Crippen LogP contribution in [-0.2, 0) is 0 Å². The lowest BCUT2D eigenvalue weighted by molar-refractivity contribution is -0.868. The van der Waals surface area contributed by atoms with Crippen LogP contribution in [0.3, 0.4) is 0 Å². The van der Waals surface area contributed by atoms with Crippen molar-refractivity contribution in [1.82, 2.24) is 9.47 Å². The zero-order valence-electron chi connectivity index (χ0n) is 14.7. The van der Waals surface area contributed by atoms with Gasteiger partial charge in [-0.05, 0) is 32.0 Å². The Balaban J connectivity index is 1.88. The lowest BCUT2D eigenvalue weighted by Crippen LogP contribution is -2.50. The number of nitrogens with zero attached hydrogens (tertiary/aromatic N) is 3. The molecular weight excluding hydrogens is 298 g/mol. The lowest BCUT2D eigenvalue weighted by Gasteiger charge is -2.31. The van der Waals surface area contributed by atoms with E-state index < -0.39 is 0 Å². The molecule has 0 aliphatic carbocycles. The molecule has 0 N–H and O–H groups in total. The summed E-state index contributed by atoms with van der Waals surface area (Å²) in [5.74, 6) is 0. The fraction of sp³-hybridized carbons (Fsp3) is 0.350. The van der Waals surface area contributed by atoms with Crippen LogP contribution in [0.5, 0.6) is 0 Å². The largest absolute Gasteiger partial charge is 0.431 e. The molecule has 4 nitrogen and oxygen atoms in total. The van der Waals surface area contributed by atoms with Crippen LogP contribution in [0.4, 0.5) is 5.69 Å². The molecule has 2 aliphatic heterocycles. The van der Waals surface area contributed by atoms with Gasteiger partial charge in [0.15, 0.2) is 23.7 Å². The van der Waals surface area contributed by atoms with E-state index in [0.29, 0.717) is 6.17 Å². The summed E-state index contributed by atoms with van der Waals surface area (Å²) in [6.07, 6.45) is 5.22. The number of pyridine rings is 1. The monoisotopic (exact) mass is 321 g/mol. The molecule has 2 aliphatic rings. The van der Waals surface area contributed by atoms with Gasteiger partial charge in [-0.15, -0.1) is 0 Å². The molecule has 3 aromatic rings. The zero-order chi connectivity index (χ0) is 16.7. The fourth-order valence-corrected chi connectivity index (χ4v) is 4.68. The van der Waals surface area contributed by atoms with Crippen LogP contribution < -0.4 is 4.48 Å². The predicted octanol–water partition coefficient (Wildman–Crippen LogP) is 4.20. The first kappa shape index (κ1) is 14.2. The van der Waals surface area contributed by atoms with Gasteiger partial charge in [-0.3, -0.25) is 0 Å². The van der Waals surface area contributed by atoms with Crippen molar-refractivity contribution in [1.29, 1.82) is 0 Å². The number of likely N-dealkylation sites (N-methyl/N-ethyl adjacent to an activating group) is 1. The van der Waals surface area contributed by atoms with Crippen molar-refractivity contribution in [2.45, 2.75) is 26.9 Å². The summed E-state index contributed by atoms with van der Waals surface area (Å²) in [6, 6.07) is 8.62. The zero-order valence-corrected chi connectivity index (χ0v) is 14.7. The highest BCUT2D eigenvalue weighted by Gasteiger charge is 2.59. The van der Waals surface area contributed by atoms with Gasteiger partial charge in [0.1, 0.15) is 13.1 Å². The molecule has 0 saturated carbocycles. The smallest absolute Gasteiger partial charge is 0.227 e. The number of quaternary nitrogens is 2. The molecule has 2 bridgehead atoms. The van der Waals surface area contributed by atoms with Gasteiger partial charge in [-0.25, -0.2) is 14.0 Å². The van der Waals surface area contributed by atoms with Crippen molar-refractivity contribution in [3.63, 3.8) is 0 Å². The molecule has 4 heteroatoms. The third-order valence-electron chi connectivity index (χ3n) is 6.38. The summed E-state index contributed by atoms with van der Waals surface area (Å²) in [4.78, 5) is 4.61. The van der Waals surface area contributed by atoms with Crippen LogP contribution in [0, 0.1) is 13.8 Å². The number of hydrogen-bond donors (Lipinski definition) is 0. The summed E-state index contributed by atoms with van der Waals surface area (Å²) in [5, 5.41) is 2.29. The molecule has 0 spiro atoms. The van der Waals surface area contributed by atoms with Gasteiger partial charge in [0.25, 0.3) is 0 Å². The van der Waals surface area contributed by atoms with Crippen LogP contribution in [0.1, 0.15) is 18.2 Å². The van der Waals surface area contributed by atoms with E-state index in [1.54, 1.807) is 0 Å². The van der Waals surface area contributed by atoms with Crippen LogP contribution >= 0.6 is 0 Å². The van der Waals surface area contributed by atoms with Crippen LogP contribution in [0.25, 0.3) is 22.1 Å². The first-order valence-corrected chi connectivity index (χ1v) is 8.67. The maximum atomic E-state index is 6.32. The van der Waals surface area contributed by atoms with Crippen molar-refractivity contribution in [2.75, 3.05) is 20.1 Å². The Labute approximate surface area is 141 Å². The molecule has 1 aromatic carbocycles. The normalized spacial score (nSPS) is 31.6. The highest BCUT2D eigenvalue weighted by molar-refractivity contribution is 6.08. The number of rotatable bonds is 1. The van der Waals surface area contributed by atoms with Gasteiger partial charge in [0.2, 0.25) is 11.9 Å². The minimum atomic E-state index is 0.484. The van der Waals surface area contributed by atoms with Gasteiger partial charge in [-0.2, -0.15) is 0 Å². The van der Waals surface area contributed by atoms with Crippen molar-refractivity contribution >= 4 is 27.8 Å². The van der Waals surface area contributed by atoms with Crippen molar-refractivity contribution in [3.8, 4) is 0 Å². The molecule has 0 amide bonds. The van der Waals surface area contributed by atoms with E-state index in [1.165, 1.54) is 23.2 Å². The maximum absolute atomic E-state index is 6.32. The van der Waals surface area contributed by atoms with Crippen molar-refractivity contribution in [2.24, 2.45) is 0 Å². The lowest BCUT2D eigenvalue weighted by atomic mass is 10.1. The van der Waals surface area contributed by atoms with E-state index in [9.17, 15) is 0 Å². The summed E-state index contributed by atoms with van der Waals surface area (Å²) < 4.78 is 8.21. The Kier molecular flexibility index (Phi) is 2.52. The summed E-state index contributed by atoms with van der Waals surface area (Å²) >= 11 is 0. The number of furan rings is 1. The Morgan fingerprint density at radius 3 is 2.50 bits per heavy atom. The summed E-state index contributed by atoms with van der Waals surface area (Å²) in [5.41, 5.74) is 5.36. The molecular formula is C20H23N3O+2. The van der Waals surface area contributed by atoms with E-state index in [0.717, 1.165) is 37.9 Å². The molecule has 2 aromatic heterocycles. The van der Waals surface area contributed by atoms with Gasteiger partial charge in [0.05, 0.1) is 7.05 Å². The molecule has 0 radical (unpaired) electrons. The van der Waals surface area contributed by atoms with Crippen LogP contribution in [-0.4, -0.2) is 35.8 Å². The molecule has 5 rings (SSSR count). The molecule has 4 heterocycles. The van der Waals surface area contributed by atoms with Gasteiger partial charge in [0, 0.05) is 29.0 Å². The van der Waals surface area contributed by atoms with Crippen LogP contribution in [0.2, 0.25) is 0 Å². The van der Waals surface area contributed by atoms with Gasteiger partial charge >= 0.3 is 0 Å². The number of hydrogen-bond acceptors (Lipinski definition) is 2. The maximum Gasteiger partial charge on any atom is 0.227 e. The Hall–Kier alpha value is -2.17. The second-order valence-electron chi connectivity index (χ2n) is 7.67. The molecule has 1 fully saturated rings. The third kappa shape index (κ3) is 1.53. The average molecular weight is 321 g/mol. The van der Waals surface area contributed by atoms with Gasteiger partial charge < -0.3 is 4.42 Å². The van der Waals surface area contributed by atoms with Gasteiger partial charge in [-0.1, -0.05) is 6.07 Å². The minimum absolute atomic E-state index is 0.484. The van der Waals surface area contributed by atoms with Crippen molar-refractivity contribution < 1.29 is 8.90 Å². The molecule has 1 saturated heterocycles. The fourth-order valence-electron chi connectivity index (χ4n) is 4.68. The highest BCUT2D eigenvalue weighted by Crippen LogP contribution is 2.48. The molecule has 122 valence electrons. The third-order valence-corrected chi connectivity index (χ3v) is 6.38. The van der Waals surface area contributed by atoms with E-state index >= 15 is 0 Å². The Bertz CT molecular complexity index is 1030. The topological polar surface area (TPSA) is 26.0 Å². The van der Waals surface area contributed by atoms with E-state index in [1.807, 2.05) is 6.92 Å². The number of aryl methyl sites for hydroxylation is 2. The second-order valence-corrected chi connectivity index (χ2v) is 7.67. The highest BCUT2D eigenvalue weighted by atomic mass is 16.3. The number of fused-ring (bicyclic) bond motifs is 5. The predicted molar refractivity (Wildman–Crippen MR) is 97.3 cm³/mol. The van der Waals surface area contributed by atoms with E-state index in [4.69, 9.17) is 4.42 Å². The molecule has 3 atom stereocenters. The van der Waals surface area contributed by atoms with Crippen LogP contribution in [0.15, 0.2) is 41.1 Å². The average Bonchev–Trinajstić information content (AvgIpc) is 3.12. The number of aromatic nitrogens is 1. The summed E-state index contributed by atoms with van der Waals surface area (Å²) in [6.45, 7) is 8.86. The van der Waals surface area contributed by atoms with Crippen molar-refractivity contribution in [3.05, 3.63) is 47.9 Å². The first-order chi connectivity index (χ1) is 11.4. The molecule has 24 heavy (non-hydrogen) atoms. The Morgan fingerprint density at radius 2 is 1.83 bits per heavy atom. The first-order valence-electron chi connectivity index (χ1n) is 8.67. The Morgan fingerprint density at radius 1 is 1.04 bits per heavy atom. The summed E-state index contributed by atoms with van der Waals surface area (Å²) in [7, 11) is 2.33. The quantitative estimate of drug-likeness (QED) is 0.628. The van der Waals surface area contributed by atoms with E-state index in [2.05, 4.69) is 62.5 Å².